The largest absolute Gasteiger partial charge is 0.393 e. The molecule has 0 radical (unpaired) electrons. The maximum absolute atomic E-state index is 12.4. The Labute approximate surface area is 140 Å². The number of aromatic nitrogens is 2. The van der Waals surface area contributed by atoms with E-state index in [-0.39, 0.29) is 18.1 Å². The van der Waals surface area contributed by atoms with E-state index in [0.717, 1.165) is 43.9 Å². The van der Waals surface area contributed by atoms with Crippen molar-refractivity contribution in [1.82, 2.24) is 15.3 Å². The van der Waals surface area contributed by atoms with Crippen LogP contribution in [-0.4, -0.2) is 39.2 Å². The number of hydrogen-bond acceptors (Lipinski definition) is 5. The molecule has 0 bridgehead atoms. The van der Waals surface area contributed by atoms with Crippen LogP contribution in [0.15, 0.2) is 24.4 Å². The summed E-state index contributed by atoms with van der Waals surface area (Å²) >= 11 is 0. The van der Waals surface area contributed by atoms with Crippen molar-refractivity contribution in [3.63, 3.8) is 0 Å². The van der Waals surface area contributed by atoms with E-state index < -0.39 is 0 Å². The molecule has 1 amide bonds. The Kier molecular flexibility index (Phi) is 4.06. The van der Waals surface area contributed by atoms with E-state index in [1.807, 2.05) is 18.2 Å². The third-order valence-corrected chi connectivity index (χ3v) is 4.80. The van der Waals surface area contributed by atoms with Crippen molar-refractivity contribution in [3.8, 4) is 0 Å². The van der Waals surface area contributed by atoms with Crippen molar-refractivity contribution in [1.29, 1.82) is 0 Å². The number of nitrogens with zero attached hydrogens (tertiary/aromatic N) is 2. The quantitative estimate of drug-likeness (QED) is 0.802. The molecular formula is C18H22N4O2. The summed E-state index contributed by atoms with van der Waals surface area (Å²) in [7, 11) is 0. The summed E-state index contributed by atoms with van der Waals surface area (Å²) in [6.07, 6.45) is 7.13. The second kappa shape index (κ2) is 6.36. The third kappa shape index (κ3) is 3.33. The molecule has 3 N–H and O–H groups in total. The average Bonchev–Trinajstić information content (AvgIpc) is 3.40. The molecule has 0 atom stereocenters. The molecule has 6 nitrogen and oxygen atoms in total. The summed E-state index contributed by atoms with van der Waals surface area (Å²) < 4.78 is 0. The zero-order valence-electron chi connectivity index (χ0n) is 13.5. The van der Waals surface area contributed by atoms with E-state index in [0.29, 0.717) is 23.1 Å². The van der Waals surface area contributed by atoms with Crippen molar-refractivity contribution in [2.24, 2.45) is 0 Å². The fraction of sp³-hybridized carbons (Fsp3) is 0.500. The number of para-hydroxylation sites is 1. The van der Waals surface area contributed by atoms with E-state index in [9.17, 15) is 9.90 Å². The lowest BCUT2D eigenvalue weighted by atomic mass is 9.93. The second-order valence-electron chi connectivity index (χ2n) is 6.83. The summed E-state index contributed by atoms with van der Waals surface area (Å²) in [6, 6.07) is 6.19. The number of rotatable bonds is 4. The maximum Gasteiger partial charge on any atom is 0.253 e. The highest BCUT2D eigenvalue weighted by Gasteiger charge is 2.25. The van der Waals surface area contributed by atoms with Crippen LogP contribution in [0.5, 0.6) is 0 Å². The number of aliphatic hydroxyl groups is 1. The normalized spacial score (nSPS) is 23.9. The Hall–Kier alpha value is -2.21. The molecule has 24 heavy (non-hydrogen) atoms. The molecule has 2 aromatic rings. The third-order valence-electron chi connectivity index (χ3n) is 4.80. The predicted octanol–water partition coefficient (Wildman–Crippen LogP) is 2.24. The summed E-state index contributed by atoms with van der Waals surface area (Å²) in [5, 5.41) is 16.8. The van der Waals surface area contributed by atoms with Crippen molar-refractivity contribution in [2.75, 3.05) is 5.32 Å². The molecule has 1 aromatic carbocycles. The van der Waals surface area contributed by atoms with Crippen LogP contribution in [0.1, 0.15) is 48.9 Å². The van der Waals surface area contributed by atoms with E-state index in [2.05, 4.69) is 20.6 Å². The molecule has 1 heterocycles. The molecular weight excluding hydrogens is 304 g/mol. The summed E-state index contributed by atoms with van der Waals surface area (Å²) in [5.74, 6) is 0.490. The van der Waals surface area contributed by atoms with Crippen LogP contribution in [0.25, 0.3) is 10.9 Å². The monoisotopic (exact) mass is 326 g/mol. The molecule has 4 rings (SSSR count). The number of hydrogen-bond donors (Lipinski definition) is 3. The van der Waals surface area contributed by atoms with Crippen molar-refractivity contribution < 1.29 is 9.90 Å². The maximum atomic E-state index is 12.4. The Morgan fingerprint density at radius 1 is 1.08 bits per heavy atom. The van der Waals surface area contributed by atoms with Gasteiger partial charge >= 0.3 is 0 Å². The van der Waals surface area contributed by atoms with Gasteiger partial charge in [-0.3, -0.25) is 4.79 Å². The fourth-order valence-electron chi connectivity index (χ4n) is 3.20. The van der Waals surface area contributed by atoms with Crippen molar-refractivity contribution in [3.05, 3.63) is 30.0 Å². The minimum Gasteiger partial charge on any atom is -0.393 e. The molecule has 2 aliphatic rings. The highest BCUT2D eigenvalue weighted by Crippen LogP contribution is 2.24. The molecule has 1 aromatic heterocycles. The van der Waals surface area contributed by atoms with Crippen LogP contribution in [0, 0.1) is 0 Å². The zero-order valence-corrected chi connectivity index (χ0v) is 13.5. The van der Waals surface area contributed by atoms with Gasteiger partial charge in [-0.05, 0) is 44.6 Å². The first-order chi connectivity index (χ1) is 11.7. The second-order valence-corrected chi connectivity index (χ2v) is 6.83. The molecule has 2 aliphatic carbocycles. The van der Waals surface area contributed by atoms with Crippen LogP contribution in [0.4, 0.5) is 5.95 Å². The lowest BCUT2D eigenvalue weighted by Crippen LogP contribution is -2.29. The van der Waals surface area contributed by atoms with Gasteiger partial charge in [-0.25, -0.2) is 9.97 Å². The molecule has 126 valence electrons. The Morgan fingerprint density at radius 2 is 1.83 bits per heavy atom. The highest BCUT2D eigenvalue weighted by atomic mass is 16.3. The topological polar surface area (TPSA) is 87.1 Å². The number of nitrogens with one attached hydrogen (secondary N) is 2. The van der Waals surface area contributed by atoms with E-state index >= 15 is 0 Å². The van der Waals surface area contributed by atoms with Crippen molar-refractivity contribution in [2.45, 2.75) is 56.7 Å². The number of anilines is 1. The van der Waals surface area contributed by atoms with Gasteiger partial charge in [0.15, 0.2) is 0 Å². The predicted molar refractivity (Wildman–Crippen MR) is 91.9 cm³/mol. The fourth-order valence-corrected chi connectivity index (χ4v) is 3.20. The molecule has 0 unspecified atom stereocenters. The van der Waals surface area contributed by atoms with Gasteiger partial charge in [0.25, 0.3) is 5.91 Å². The Balaban J connectivity index is 1.57. The zero-order chi connectivity index (χ0) is 16.5. The molecule has 0 aliphatic heterocycles. The standard InChI is InChI=1S/C18H22N4O2/c23-14-8-6-13(7-9-14)21-18-19-10-11-2-1-3-15(16(11)22-18)17(24)20-12-4-5-12/h1-3,10,12-14,23H,4-9H2,(H,20,24)(H,19,21,22)/t13-,14-. The van der Waals surface area contributed by atoms with Gasteiger partial charge in [0.05, 0.1) is 17.2 Å². The van der Waals surface area contributed by atoms with Crippen molar-refractivity contribution >= 4 is 22.8 Å². The average molecular weight is 326 g/mol. The molecule has 2 fully saturated rings. The lowest BCUT2D eigenvalue weighted by molar-refractivity contribution is 0.0952. The van der Waals surface area contributed by atoms with Gasteiger partial charge in [-0.15, -0.1) is 0 Å². The smallest absolute Gasteiger partial charge is 0.253 e. The number of carbonyl (C=O) groups is 1. The highest BCUT2D eigenvalue weighted by molar-refractivity contribution is 6.05. The summed E-state index contributed by atoms with van der Waals surface area (Å²) in [5.41, 5.74) is 1.29. The first-order valence-electron chi connectivity index (χ1n) is 8.70. The minimum absolute atomic E-state index is 0.0615. The lowest BCUT2D eigenvalue weighted by Gasteiger charge is -2.26. The molecule has 6 heteroatoms. The number of benzene rings is 1. The van der Waals surface area contributed by atoms with Gasteiger partial charge in [0.1, 0.15) is 0 Å². The molecule has 0 saturated heterocycles. The SMILES string of the molecule is O=C(NC1CC1)c1cccc2cnc(N[C@H]3CC[C@H](O)CC3)nc12. The van der Waals surface area contributed by atoms with E-state index in [4.69, 9.17) is 0 Å². The van der Waals surface area contributed by atoms with Crippen LogP contribution in [0.2, 0.25) is 0 Å². The van der Waals surface area contributed by atoms with Gasteiger partial charge in [0, 0.05) is 23.7 Å². The van der Waals surface area contributed by atoms with Crippen LogP contribution < -0.4 is 10.6 Å². The van der Waals surface area contributed by atoms with Gasteiger partial charge in [0.2, 0.25) is 5.95 Å². The Morgan fingerprint density at radius 3 is 2.58 bits per heavy atom. The summed E-state index contributed by atoms with van der Waals surface area (Å²) in [6.45, 7) is 0. The molecule has 2 saturated carbocycles. The van der Waals surface area contributed by atoms with Gasteiger partial charge < -0.3 is 15.7 Å². The molecule has 0 spiro atoms. The first kappa shape index (κ1) is 15.3. The van der Waals surface area contributed by atoms with E-state index in [1.165, 1.54) is 0 Å². The Bertz CT molecular complexity index is 752. The number of carbonyl (C=O) groups excluding carboxylic acids is 1. The number of fused-ring (bicyclic) bond motifs is 1. The number of aliphatic hydroxyl groups excluding tert-OH is 1. The van der Waals surface area contributed by atoms with Crippen LogP contribution >= 0.6 is 0 Å². The van der Waals surface area contributed by atoms with Crippen LogP contribution in [0.3, 0.4) is 0 Å². The van der Waals surface area contributed by atoms with E-state index in [1.54, 1.807) is 6.20 Å². The number of amides is 1. The van der Waals surface area contributed by atoms with Gasteiger partial charge in [-0.2, -0.15) is 0 Å². The first-order valence-corrected chi connectivity index (χ1v) is 8.70. The minimum atomic E-state index is -0.182. The van der Waals surface area contributed by atoms with Gasteiger partial charge in [-0.1, -0.05) is 12.1 Å². The van der Waals surface area contributed by atoms with Crippen LogP contribution in [-0.2, 0) is 0 Å². The summed E-state index contributed by atoms with van der Waals surface area (Å²) in [4.78, 5) is 21.4.